The highest BCUT2D eigenvalue weighted by Crippen LogP contribution is 2.17. The maximum Gasteiger partial charge on any atom is 0.406 e. The molecule has 106 valence electrons. The van der Waals surface area contributed by atoms with Gasteiger partial charge in [0.05, 0.1) is 12.5 Å². The summed E-state index contributed by atoms with van der Waals surface area (Å²) in [5.74, 6) is -1.72. The van der Waals surface area contributed by atoms with Gasteiger partial charge in [0.1, 0.15) is 6.54 Å². The summed E-state index contributed by atoms with van der Waals surface area (Å²) < 4.78 is 36.9. The number of halogens is 3. The molecule has 0 aliphatic carbocycles. The van der Waals surface area contributed by atoms with E-state index < -0.39 is 37.0 Å². The maximum atomic E-state index is 12.3. The Hall–Kier alpha value is -1.31. The van der Waals surface area contributed by atoms with E-state index in [1.807, 2.05) is 0 Å². The summed E-state index contributed by atoms with van der Waals surface area (Å²) in [6.45, 7) is 0.388. The van der Waals surface area contributed by atoms with Gasteiger partial charge in [-0.15, -0.1) is 0 Å². The summed E-state index contributed by atoms with van der Waals surface area (Å²) in [6, 6.07) is -1.32. The second kappa shape index (κ2) is 7.20. The van der Waals surface area contributed by atoms with Crippen molar-refractivity contribution in [3.8, 4) is 0 Å². The van der Waals surface area contributed by atoms with E-state index in [-0.39, 0.29) is 6.54 Å². The van der Waals surface area contributed by atoms with Crippen molar-refractivity contribution in [1.82, 2.24) is 4.90 Å². The lowest BCUT2D eigenvalue weighted by Crippen LogP contribution is -2.49. The number of hydrogen-bond acceptors (Lipinski definition) is 3. The molecule has 2 amide bonds. The predicted octanol–water partition coefficient (Wildman–Crippen LogP) is 0.380. The summed E-state index contributed by atoms with van der Waals surface area (Å²) in [5.41, 5.74) is 10.2. The molecule has 0 aliphatic heterocycles. The van der Waals surface area contributed by atoms with Gasteiger partial charge in [0.15, 0.2) is 0 Å². The van der Waals surface area contributed by atoms with Gasteiger partial charge in [-0.05, 0) is 6.42 Å². The van der Waals surface area contributed by atoms with Crippen LogP contribution < -0.4 is 11.5 Å². The molecule has 0 aromatic rings. The molecule has 1 unspecified atom stereocenters. The molecule has 0 fully saturated rings. The average Bonchev–Trinajstić information content (AvgIpc) is 2.20. The van der Waals surface area contributed by atoms with E-state index in [2.05, 4.69) is 0 Å². The maximum absolute atomic E-state index is 12.3. The van der Waals surface area contributed by atoms with Crippen LogP contribution in [0.3, 0.4) is 0 Å². The van der Waals surface area contributed by atoms with E-state index in [0.29, 0.717) is 17.7 Å². The highest BCUT2D eigenvalue weighted by Gasteiger charge is 2.34. The van der Waals surface area contributed by atoms with Crippen LogP contribution in [0.4, 0.5) is 13.2 Å². The zero-order chi connectivity index (χ0) is 14.3. The first-order valence-corrected chi connectivity index (χ1v) is 5.56. The van der Waals surface area contributed by atoms with E-state index in [1.165, 1.54) is 0 Å². The van der Waals surface area contributed by atoms with Crippen molar-refractivity contribution in [2.45, 2.75) is 38.4 Å². The minimum Gasteiger partial charge on any atom is -0.370 e. The normalized spacial score (nSPS) is 13.2. The van der Waals surface area contributed by atoms with Gasteiger partial charge in [-0.1, -0.05) is 13.3 Å². The minimum absolute atomic E-state index is 0.0404. The molecule has 0 aromatic heterocycles. The Kier molecular flexibility index (Phi) is 6.67. The fraction of sp³-hybridized carbons (Fsp3) is 0.800. The average molecular weight is 269 g/mol. The molecule has 4 N–H and O–H groups in total. The molecule has 1 atom stereocenters. The second-order valence-electron chi connectivity index (χ2n) is 4.01. The zero-order valence-corrected chi connectivity index (χ0v) is 10.2. The van der Waals surface area contributed by atoms with Gasteiger partial charge in [-0.25, -0.2) is 0 Å². The van der Waals surface area contributed by atoms with Crippen molar-refractivity contribution in [1.29, 1.82) is 0 Å². The number of rotatable bonds is 7. The summed E-state index contributed by atoms with van der Waals surface area (Å²) in [6.07, 6.45) is -3.87. The van der Waals surface area contributed by atoms with E-state index in [4.69, 9.17) is 11.5 Å². The fourth-order valence-electron chi connectivity index (χ4n) is 1.37. The first-order valence-electron chi connectivity index (χ1n) is 5.56. The molecule has 5 nitrogen and oxygen atoms in total. The molecule has 0 radical (unpaired) electrons. The van der Waals surface area contributed by atoms with Crippen LogP contribution in [-0.4, -0.2) is 42.0 Å². The molecular weight excluding hydrogens is 251 g/mol. The summed E-state index contributed by atoms with van der Waals surface area (Å²) in [7, 11) is 0. The molecule has 0 spiro atoms. The number of unbranched alkanes of at least 4 members (excludes halogenated alkanes) is 1. The Morgan fingerprint density at radius 2 is 1.89 bits per heavy atom. The molecule has 0 aliphatic rings. The van der Waals surface area contributed by atoms with Crippen LogP contribution in [0, 0.1) is 0 Å². The quantitative estimate of drug-likeness (QED) is 0.700. The van der Waals surface area contributed by atoms with Crippen LogP contribution in [0.5, 0.6) is 0 Å². The standard InChI is InChI=1S/C10H18F3N3O2/c1-2-3-4-16(6-10(11,12)13)9(18)7(14)5-8(15)17/h7H,2-6,14H2,1H3,(H2,15,17). The molecule has 0 rings (SSSR count). The number of hydrogen-bond donors (Lipinski definition) is 2. The Morgan fingerprint density at radius 3 is 2.28 bits per heavy atom. The van der Waals surface area contributed by atoms with Crippen LogP contribution in [0.2, 0.25) is 0 Å². The van der Waals surface area contributed by atoms with Crippen LogP contribution in [0.25, 0.3) is 0 Å². The number of carbonyl (C=O) groups excluding carboxylic acids is 2. The van der Waals surface area contributed by atoms with Gasteiger partial charge < -0.3 is 16.4 Å². The number of amides is 2. The van der Waals surface area contributed by atoms with E-state index >= 15 is 0 Å². The minimum atomic E-state index is -4.49. The van der Waals surface area contributed by atoms with Crippen molar-refractivity contribution in [3.05, 3.63) is 0 Å². The Labute approximate surface area is 103 Å². The van der Waals surface area contributed by atoms with Crippen LogP contribution >= 0.6 is 0 Å². The van der Waals surface area contributed by atoms with E-state index in [0.717, 1.165) is 0 Å². The summed E-state index contributed by atoms with van der Waals surface area (Å²) in [4.78, 5) is 22.9. The van der Waals surface area contributed by atoms with Crippen LogP contribution in [0.1, 0.15) is 26.2 Å². The molecule has 0 heterocycles. The number of carbonyl (C=O) groups is 2. The van der Waals surface area contributed by atoms with Gasteiger partial charge in [-0.2, -0.15) is 13.2 Å². The van der Waals surface area contributed by atoms with Gasteiger partial charge in [0.25, 0.3) is 0 Å². The van der Waals surface area contributed by atoms with Gasteiger partial charge in [-0.3, -0.25) is 9.59 Å². The molecule has 18 heavy (non-hydrogen) atoms. The highest BCUT2D eigenvalue weighted by atomic mass is 19.4. The molecule has 0 saturated heterocycles. The lowest BCUT2D eigenvalue weighted by molar-refractivity contribution is -0.162. The van der Waals surface area contributed by atoms with Crippen molar-refractivity contribution in [2.24, 2.45) is 11.5 Å². The fourth-order valence-corrected chi connectivity index (χ4v) is 1.37. The largest absolute Gasteiger partial charge is 0.406 e. The molecule has 0 bridgehead atoms. The second-order valence-corrected chi connectivity index (χ2v) is 4.01. The lowest BCUT2D eigenvalue weighted by Gasteiger charge is -2.26. The number of primary amides is 1. The van der Waals surface area contributed by atoms with Gasteiger partial charge in [0.2, 0.25) is 11.8 Å². The smallest absolute Gasteiger partial charge is 0.370 e. The third kappa shape index (κ3) is 7.10. The highest BCUT2D eigenvalue weighted by molar-refractivity contribution is 5.87. The monoisotopic (exact) mass is 269 g/mol. The first-order chi connectivity index (χ1) is 8.17. The Balaban J connectivity index is 4.62. The van der Waals surface area contributed by atoms with Crippen LogP contribution in [-0.2, 0) is 9.59 Å². The van der Waals surface area contributed by atoms with E-state index in [9.17, 15) is 22.8 Å². The van der Waals surface area contributed by atoms with Crippen molar-refractivity contribution < 1.29 is 22.8 Å². The lowest BCUT2D eigenvalue weighted by atomic mass is 10.1. The van der Waals surface area contributed by atoms with Crippen LogP contribution in [0.15, 0.2) is 0 Å². The third-order valence-electron chi connectivity index (χ3n) is 2.20. The molecule has 8 heteroatoms. The molecular formula is C10H18F3N3O2. The Bertz CT molecular complexity index is 295. The van der Waals surface area contributed by atoms with Gasteiger partial charge >= 0.3 is 6.18 Å². The zero-order valence-electron chi connectivity index (χ0n) is 10.2. The summed E-state index contributed by atoms with van der Waals surface area (Å²) in [5, 5.41) is 0. The van der Waals surface area contributed by atoms with E-state index in [1.54, 1.807) is 6.92 Å². The van der Waals surface area contributed by atoms with Crippen molar-refractivity contribution in [2.75, 3.05) is 13.1 Å². The number of nitrogens with zero attached hydrogens (tertiary/aromatic N) is 1. The topological polar surface area (TPSA) is 89.4 Å². The Morgan fingerprint density at radius 1 is 1.33 bits per heavy atom. The third-order valence-corrected chi connectivity index (χ3v) is 2.20. The van der Waals surface area contributed by atoms with Gasteiger partial charge in [0, 0.05) is 6.54 Å². The first kappa shape index (κ1) is 16.7. The predicted molar refractivity (Wildman–Crippen MR) is 59.3 cm³/mol. The van der Waals surface area contributed by atoms with Crippen molar-refractivity contribution >= 4 is 11.8 Å². The molecule has 0 aromatic carbocycles. The SMILES string of the molecule is CCCCN(CC(F)(F)F)C(=O)C(N)CC(N)=O. The summed E-state index contributed by atoms with van der Waals surface area (Å²) >= 11 is 0. The number of alkyl halides is 3. The van der Waals surface area contributed by atoms with Crippen molar-refractivity contribution in [3.63, 3.8) is 0 Å². The number of nitrogens with two attached hydrogens (primary N) is 2. The molecule has 0 saturated carbocycles.